The van der Waals surface area contributed by atoms with Crippen LogP contribution in [0.2, 0.25) is 0 Å². The molecule has 3 heteroatoms. The van der Waals surface area contributed by atoms with Gasteiger partial charge in [0.15, 0.2) is 0 Å². The lowest BCUT2D eigenvalue weighted by molar-refractivity contribution is 0.0588. The van der Waals surface area contributed by atoms with Crippen LogP contribution in [-0.4, -0.2) is 12.1 Å². The number of ether oxygens (including phenoxy) is 1. The second kappa shape index (κ2) is 5.10. The fourth-order valence-corrected chi connectivity index (χ4v) is 2.79. The molecular weight excluding hydrogens is 206 g/mol. The molecule has 0 aromatic carbocycles. The molecule has 2 N–H and O–H groups in total. The Hall–Kier alpha value is -0.380. The third kappa shape index (κ3) is 3.30. The number of rotatable bonds is 4. The maximum Gasteiger partial charge on any atom is 0.0810 e. The molecule has 15 heavy (non-hydrogen) atoms. The SMILES string of the molecule is NC1(COCc2cccs2)CCCCC1. The van der Waals surface area contributed by atoms with Crippen molar-refractivity contribution in [3.8, 4) is 0 Å². The summed E-state index contributed by atoms with van der Waals surface area (Å²) >= 11 is 1.74. The van der Waals surface area contributed by atoms with Crippen LogP contribution >= 0.6 is 11.3 Å². The number of nitrogens with two attached hydrogens (primary N) is 1. The molecule has 1 aromatic rings. The molecule has 1 aliphatic rings. The van der Waals surface area contributed by atoms with E-state index in [0.717, 1.165) is 19.4 Å². The minimum absolute atomic E-state index is 0.0461. The molecule has 0 radical (unpaired) electrons. The van der Waals surface area contributed by atoms with Crippen molar-refractivity contribution < 1.29 is 4.74 Å². The summed E-state index contributed by atoms with van der Waals surface area (Å²) in [6.45, 7) is 1.43. The van der Waals surface area contributed by atoms with Gasteiger partial charge in [-0.1, -0.05) is 25.3 Å². The average Bonchev–Trinajstić information content (AvgIpc) is 2.71. The molecule has 1 heterocycles. The van der Waals surface area contributed by atoms with E-state index in [0.29, 0.717) is 6.61 Å². The van der Waals surface area contributed by atoms with Gasteiger partial charge in [0, 0.05) is 10.4 Å². The summed E-state index contributed by atoms with van der Waals surface area (Å²) in [7, 11) is 0. The van der Waals surface area contributed by atoms with Crippen LogP contribution in [0.5, 0.6) is 0 Å². The summed E-state index contributed by atoms with van der Waals surface area (Å²) in [5.74, 6) is 0. The Balaban J connectivity index is 1.72. The maximum absolute atomic E-state index is 6.28. The Kier molecular flexibility index (Phi) is 3.78. The minimum atomic E-state index is -0.0461. The first-order valence-corrected chi connectivity index (χ1v) is 6.56. The monoisotopic (exact) mass is 225 g/mol. The van der Waals surface area contributed by atoms with Crippen LogP contribution in [0.25, 0.3) is 0 Å². The molecule has 1 saturated carbocycles. The van der Waals surface area contributed by atoms with Crippen molar-refractivity contribution in [2.24, 2.45) is 5.73 Å². The van der Waals surface area contributed by atoms with E-state index in [1.807, 2.05) is 0 Å². The maximum atomic E-state index is 6.28. The van der Waals surface area contributed by atoms with E-state index in [4.69, 9.17) is 10.5 Å². The highest BCUT2D eigenvalue weighted by Gasteiger charge is 2.27. The summed E-state index contributed by atoms with van der Waals surface area (Å²) in [4.78, 5) is 1.29. The number of hydrogen-bond acceptors (Lipinski definition) is 3. The molecule has 0 bridgehead atoms. The molecule has 1 aliphatic carbocycles. The molecule has 1 fully saturated rings. The van der Waals surface area contributed by atoms with E-state index in [-0.39, 0.29) is 5.54 Å². The van der Waals surface area contributed by atoms with Gasteiger partial charge in [-0.25, -0.2) is 0 Å². The van der Waals surface area contributed by atoms with Crippen LogP contribution in [0.1, 0.15) is 37.0 Å². The molecule has 2 rings (SSSR count). The second-order valence-electron chi connectivity index (χ2n) is 4.50. The van der Waals surface area contributed by atoms with Gasteiger partial charge < -0.3 is 10.5 Å². The standard InChI is InChI=1S/C12H19NOS/c13-12(6-2-1-3-7-12)10-14-9-11-5-4-8-15-11/h4-5,8H,1-3,6-7,9-10,13H2. The highest BCUT2D eigenvalue weighted by molar-refractivity contribution is 7.09. The molecule has 0 aliphatic heterocycles. The highest BCUT2D eigenvalue weighted by Crippen LogP contribution is 2.26. The molecular formula is C12H19NOS. The molecule has 2 nitrogen and oxygen atoms in total. The quantitative estimate of drug-likeness (QED) is 0.855. The predicted octanol–water partition coefficient (Wildman–Crippen LogP) is 2.93. The van der Waals surface area contributed by atoms with Crippen LogP contribution < -0.4 is 5.73 Å². The van der Waals surface area contributed by atoms with Gasteiger partial charge in [0.1, 0.15) is 0 Å². The molecule has 0 saturated heterocycles. The average molecular weight is 225 g/mol. The minimum Gasteiger partial charge on any atom is -0.374 e. The van der Waals surface area contributed by atoms with Gasteiger partial charge in [0.05, 0.1) is 13.2 Å². The zero-order valence-electron chi connectivity index (χ0n) is 9.08. The van der Waals surface area contributed by atoms with Crippen molar-refractivity contribution >= 4 is 11.3 Å². The molecule has 0 spiro atoms. The topological polar surface area (TPSA) is 35.2 Å². The third-order valence-electron chi connectivity index (χ3n) is 3.06. The lowest BCUT2D eigenvalue weighted by atomic mass is 9.83. The van der Waals surface area contributed by atoms with Crippen LogP contribution in [0.4, 0.5) is 0 Å². The summed E-state index contributed by atoms with van der Waals surface area (Å²) in [6.07, 6.45) is 6.11. The van der Waals surface area contributed by atoms with Crippen LogP contribution in [-0.2, 0) is 11.3 Å². The smallest absolute Gasteiger partial charge is 0.0810 e. The van der Waals surface area contributed by atoms with Crippen molar-refractivity contribution in [2.45, 2.75) is 44.2 Å². The van der Waals surface area contributed by atoms with Crippen molar-refractivity contribution in [3.63, 3.8) is 0 Å². The van der Waals surface area contributed by atoms with Crippen molar-refractivity contribution in [1.29, 1.82) is 0 Å². The van der Waals surface area contributed by atoms with Gasteiger partial charge in [-0.2, -0.15) is 0 Å². The lowest BCUT2D eigenvalue weighted by Crippen LogP contribution is -2.46. The van der Waals surface area contributed by atoms with Crippen LogP contribution in [0.3, 0.4) is 0 Å². The molecule has 0 atom stereocenters. The molecule has 0 amide bonds. The first kappa shape index (κ1) is 11.1. The van der Waals surface area contributed by atoms with E-state index in [2.05, 4.69) is 17.5 Å². The van der Waals surface area contributed by atoms with E-state index in [9.17, 15) is 0 Å². The lowest BCUT2D eigenvalue weighted by Gasteiger charge is -2.32. The summed E-state index contributed by atoms with van der Waals surface area (Å²) in [6, 6.07) is 4.16. The van der Waals surface area contributed by atoms with Gasteiger partial charge in [-0.05, 0) is 24.3 Å². The van der Waals surface area contributed by atoms with Crippen molar-refractivity contribution in [2.75, 3.05) is 6.61 Å². The predicted molar refractivity (Wildman–Crippen MR) is 64.0 cm³/mol. The summed E-state index contributed by atoms with van der Waals surface area (Å²) < 4.78 is 5.71. The van der Waals surface area contributed by atoms with Crippen molar-refractivity contribution in [1.82, 2.24) is 0 Å². The van der Waals surface area contributed by atoms with Crippen LogP contribution in [0, 0.1) is 0 Å². The van der Waals surface area contributed by atoms with Crippen LogP contribution in [0.15, 0.2) is 17.5 Å². The first-order valence-electron chi connectivity index (χ1n) is 5.68. The summed E-state index contributed by atoms with van der Waals surface area (Å²) in [5, 5.41) is 2.08. The van der Waals surface area contributed by atoms with Gasteiger partial charge >= 0.3 is 0 Å². The second-order valence-corrected chi connectivity index (χ2v) is 5.53. The Morgan fingerprint density at radius 2 is 2.13 bits per heavy atom. The molecule has 0 unspecified atom stereocenters. The fraction of sp³-hybridized carbons (Fsp3) is 0.667. The Bertz CT molecular complexity index is 278. The number of hydrogen-bond donors (Lipinski definition) is 1. The van der Waals surface area contributed by atoms with Gasteiger partial charge in [0.25, 0.3) is 0 Å². The van der Waals surface area contributed by atoms with E-state index in [1.165, 1.54) is 24.1 Å². The largest absolute Gasteiger partial charge is 0.374 e. The van der Waals surface area contributed by atoms with E-state index >= 15 is 0 Å². The van der Waals surface area contributed by atoms with E-state index < -0.39 is 0 Å². The highest BCUT2D eigenvalue weighted by atomic mass is 32.1. The Morgan fingerprint density at radius 1 is 1.33 bits per heavy atom. The number of thiophene rings is 1. The van der Waals surface area contributed by atoms with Gasteiger partial charge in [0.2, 0.25) is 0 Å². The fourth-order valence-electron chi connectivity index (χ4n) is 2.15. The third-order valence-corrected chi connectivity index (χ3v) is 3.91. The summed E-state index contributed by atoms with van der Waals surface area (Å²) in [5.41, 5.74) is 6.23. The van der Waals surface area contributed by atoms with Gasteiger partial charge in [-0.3, -0.25) is 0 Å². The zero-order valence-corrected chi connectivity index (χ0v) is 9.89. The first-order chi connectivity index (χ1) is 7.29. The Morgan fingerprint density at radius 3 is 2.80 bits per heavy atom. The van der Waals surface area contributed by atoms with Crippen molar-refractivity contribution in [3.05, 3.63) is 22.4 Å². The molecule has 1 aromatic heterocycles. The Labute approximate surface area is 95.4 Å². The molecule has 84 valence electrons. The zero-order chi connectivity index (χ0) is 10.6. The van der Waals surface area contributed by atoms with E-state index in [1.54, 1.807) is 11.3 Å². The normalized spacial score (nSPS) is 20.3. The van der Waals surface area contributed by atoms with Gasteiger partial charge in [-0.15, -0.1) is 11.3 Å².